The molecule has 0 aliphatic rings. The Morgan fingerprint density at radius 3 is 2.75 bits per heavy atom. The van der Waals surface area contributed by atoms with Crippen molar-refractivity contribution in [3.8, 4) is 0 Å². The standard InChI is InChI=1S/C16H20BrN3/c1-3-7-20(11-13-5-4-6-14(18)9-13)16-15(17)8-12(2)10-19-16/h4-6,8-10H,3,7,11,18H2,1-2H3. The van der Waals surface area contributed by atoms with E-state index in [0.717, 1.165) is 41.1 Å². The minimum atomic E-state index is 0.801. The monoisotopic (exact) mass is 333 g/mol. The number of aromatic nitrogens is 1. The van der Waals surface area contributed by atoms with E-state index in [4.69, 9.17) is 5.73 Å². The number of halogens is 1. The molecule has 1 aromatic heterocycles. The Balaban J connectivity index is 2.26. The quantitative estimate of drug-likeness (QED) is 0.835. The van der Waals surface area contributed by atoms with Crippen molar-refractivity contribution in [3.63, 3.8) is 0 Å². The first-order valence-electron chi connectivity index (χ1n) is 6.81. The number of hydrogen-bond acceptors (Lipinski definition) is 3. The van der Waals surface area contributed by atoms with Gasteiger partial charge in [-0.1, -0.05) is 19.1 Å². The Morgan fingerprint density at radius 2 is 2.10 bits per heavy atom. The van der Waals surface area contributed by atoms with E-state index in [1.165, 1.54) is 5.56 Å². The Morgan fingerprint density at radius 1 is 1.30 bits per heavy atom. The molecule has 0 unspecified atom stereocenters. The summed E-state index contributed by atoms with van der Waals surface area (Å²) >= 11 is 3.62. The lowest BCUT2D eigenvalue weighted by atomic mass is 10.2. The van der Waals surface area contributed by atoms with Gasteiger partial charge in [-0.2, -0.15) is 0 Å². The predicted molar refractivity (Wildman–Crippen MR) is 88.9 cm³/mol. The third kappa shape index (κ3) is 3.73. The van der Waals surface area contributed by atoms with Crippen molar-refractivity contribution in [2.24, 2.45) is 0 Å². The molecule has 0 spiro atoms. The minimum absolute atomic E-state index is 0.801. The number of pyridine rings is 1. The highest BCUT2D eigenvalue weighted by molar-refractivity contribution is 9.10. The molecular weight excluding hydrogens is 314 g/mol. The maximum Gasteiger partial charge on any atom is 0.143 e. The second kappa shape index (κ2) is 6.75. The van der Waals surface area contributed by atoms with Crippen molar-refractivity contribution in [2.75, 3.05) is 17.2 Å². The molecule has 2 aromatic rings. The second-order valence-corrected chi connectivity index (χ2v) is 5.84. The van der Waals surface area contributed by atoms with Crippen molar-refractivity contribution in [3.05, 3.63) is 52.1 Å². The molecule has 1 aromatic carbocycles. The highest BCUT2D eigenvalue weighted by Gasteiger charge is 2.12. The van der Waals surface area contributed by atoms with E-state index in [2.05, 4.69) is 44.9 Å². The maximum absolute atomic E-state index is 5.85. The van der Waals surface area contributed by atoms with Gasteiger partial charge >= 0.3 is 0 Å². The molecule has 0 saturated carbocycles. The molecule has 2 N–H and O–H groups in total. The Kier molecular flexibility index (Phi) is 5.01. The van der Waals surface area contributed by atoms with E-state index < -0.39 is 0 Å². The van der Waals surface area contributed by atoms with Crippen molar-refractivity contribution in [1.29, 1.82) is 0 Å². The average molecular weight is 334 g/mol. The average Bonchev–Trinajstić information content (AvgIpc) is 2.38. The number of aryl methyl sites for hydroxylation is 1. The van der Waals surface area contributed by atoms with Crippen LogP contribution in [0.1, 0.15) is 24.5 Å². The number of benzene rings is 1. The van der Waals surface area contributed by atoms with Crippen LogP contribution in [-0.4, -0.2) is 11.5 Å². The number of rotatable bonds is 5. The lowest BCUT2D eigenvalue weighted by Crippen LogP contribution is -2.25. The molecule has 3 nitrogen and oxygen atoms in total. The second-order valence-electron chi connectivity index (χ2n) is 4.98. The van der Waals surface area contributed by atoms with Gasteiger partial charge in [0.25, 0.3) is 0 Å². The number of nitrogens with two attached hydrogens (primary N) is 1. The van der Waals surface area contributed by atoms with Crippen LogP contribution in [0.2, 0.25) is 0 Å². The molecule has 0 aliphatic heterocycles. The van der Waals surface area contributed by atoms with Crippen LogP contribution in [0.4, 0.5) is 11.5 Å². The lowest BCUT2D eigenvalue weighted by Gasteiger charge is -2.24. The number of nitrogens with zero attached hydrogens (tertiary/aromatic N) is 2. The zero-order chi connectivity index (χ0) is 14.5. The molecule has 20 heavy (non-hydrogen) atoms. The van der Waals surface area contributed by atoms with Gasteiger partial charge in [-0.3, -0.25) is 0 Å². The van der Waals surface area contributed by atoms with E-state index in [0.29, 0.717) is 0 Å². The van der Waals surface area contributed by atoms with E-state index in [1.807, 2.05) is 31.3 Å². The van der Waals surface area contributed by atoms with Gasteiger partial charge in [0.1, 0.15) is 5.82 Å². The summed E-state index contributed by atoms with van der Waals surface area (Å²) < 4.78 is 1.04. The Labute approximate surface area is 129 Å². The molecule has 0 bridgehead atoms. The zero-order valence-corrected chi connectivity index (χ0v) is 13.5. The highest BCUT2D eigenvalue weighted by atomic mass is 79.9. The van der Waals surface area contributed by atoms with Crippen molar-refractivity contribution < 1.29 is 0 Å². The van der Waals surface area contributed by atoms with Gasteiger partial charge in [0.05, 0.1) is 4.47 Å². The normalized spacial score (nSPS) is 10.6. The van der Waals surface area contributed by atoms with Gasteiger partial charge in [-0.25, -0.2) is 4.98 Å². The lowest BCUT2D eigenvalue weighted by molar-refractivity contribution is 0.752. The molecule has 106 valence electrons. The smallest absolute Gasteiger partial charge is 0.143 e. The molecule has 0 fully saturated rings. The summed E-state index contributed by atoms with van der Waals surface area (Å²) in [7, 11) is 0. The molecule has 2 rings (SSSR count). The van der Waals surface area contributed by atoms with Crippen LogP contribution in [0.15, 0.2) is 41.0 Å². The molecule has 0 atom stereocenters. The van der Waals surface area contributed by atoms with Crippen LogP contribution < -0.4 is 10.6 Å². The minimum Gasteiger partial charge on any atom is -0.399 e. The van der Waals surface area contributed by atoms with Gasteiger partial charge in [-0.15, -0.1) is 0 Å². The van der Waals surface area contributed by atoms with Crippen LogP contribution in [-0.2, 0) is 6.54 Å². The number of anilines is 2. The van der Waals surface area contributed by atoms with Gasteiger partial charge in [0, 0.05) is 25.0 Å². The van der Waals surface area contributed by atoms with Crippen LogP contribution in [0.3, 0.4) is 0 Å². The Hall–Kier alpha value is -1.55. The van der Waals surface area contributed by atoms with Crippen molar-refractivity contribution >= 4 is 27.4 Å². The fourth-order valence-electron chi connectivity index (χ4n) is 2.20. The van der Waals surface area contributed by atoms with Gasteiger partial charge in [-0.05, 0) is 58.6 Å². The van der Waals surface area contributed by atoms with Crippen LogP contribution in [0, 0.1) is 6.92 Å². The summed E-state index contributed by atoms with van der Waals surface area (Å²) in [5, 5.41) is 0. The third-order valence-corrected chi connectivity index (χ3v) is 3.66. The summed E-state index contributed by atoms with van der Waals surface area (Å²) in [4.78, 5) is 6.84. The molecule has 0 aliphatic carbocycles. The van der Waals surface area contributed by atoms with E-state index in [9.17, 15) is 0 Å². The molecule has 0 amide bonds. The fourth-order valence-corrected chi connectivity index (χ4v) is 2.91. The molecule has 0 saturated heterocycles. The topological polar surface area (TPSA) is 42.1 Å². The predicted octanol–water partition coefficient (Wildman–Crippen LogP) is 4.15. The summed E-state index contributed by atoms with van der Waals surface area (Å²) in [5.74, 6) is 0.986. The van der Waals surface area contributed by atoms with Crippen LogP contribution >= 0.6 is 15.9 Å². The van der Waals surface area contributed by atoms with E-state index in [-0.39, 0.29) is 0 Å². The first kappa shape index (κ1) is 14.9. The largest absolute Gasteiger partial charge is 0.399 e. The van der Waals surface area contributed by atoms with Gasteiger partial charge < -0.3 is 10.6 Å². The van der Waals surface area contributed by atoms with Gasteiger partial charge in [0.2, 0.25) is 0 Å². The summed E-state index contributed by atoms with van der Waals surface area (Å²) in [5.41, 5.74) is 9.01. The first-order valence-corrected chi connectivity index (χ1v) is 7.61. The van der Waals surface area contributed by atoms with Crippen LogP contribution in [0.25, 0.3) is 0 Å². The Bertz CT molecular complexity index is 584. The van der Waals surface area contributed by atoms with E-state index >= 15 is 0 Å². The highest BCUT2D eigenvalue weighted by Crippen LogP contribution is 2.26. The number of nitrogen functional groups attached to an aromatic ring is 1. The van der Waals surface area contributed by atoms with Crippen molar-refractivity contribution in [1.82, 2.24) is 4.98 Å². The number of hydrogen-bond donors (Lipinski definition) is 1. The molecular formula is C16H20BrN3. The fraction of sp³-hybridized carbons (Fsp3) is 0.312. The molecule has 0 radical (unpaired) electrons. The third-order valence-electron chi connectivity index (χ3n) is 3.08. The molecule has 4 heteroatoms. The van der Waals surface area contributed by atoms with Gasteiger partial charge in [0.15, 0.2) is 0 Å². The molecule has 1 heterocycles. The van der Waals surface area contributed by atoms with Crippen LogP contribution in [0.5, 0.6) is 0 Å². The van der Waals surface area contributed by atoms with Crippen molar-refractivity contribution in [2.45, 2.75) is 26.8 Å². The SMILES string of the molecule is CCCN(Cc1cccc(N)c1)c1ncc(C)cc1Br. The maximum atomic E-state index is 5.85. The zero-order valence-electron chi connectivity index (χ0n) is 11.9. The summed E-state index contributed by atoms with van der Waals surface area (Å²) in [6.07, 6.45) is 2.98. The van der Waals surface area contributed by atoms with E-state index in [1.54, 1.807) is 0 Å². The first-order chi connectivity index (χ1) is 9.60. The summed E-state index contributed by atoms with van der Waals surface area (Å²) in [6, 6.07) is 10.1. The summed E-state index contributed by atoms with van der Waals surface area (Å²) in [6.45, 7) is 6.00.